The van der Waals surface area contributed by atoms with Crippen molar-refractivity contribution in [1.29, 1.82) is 0 Å². The molecule has 146 valence electrons. The lowest BCUT2D eigenvalue weighted by molar-refractivity contribution is -0.123. The molecule has 8 heteroatoms. The highest BCUT2D eigenvalue weighted by atomic mass is 19.1. The summed E-state index contributed by atoms with van der Waals surface area (Å²) in [6.45, 7) is 4.53. The molecule has 1 N–H and O–H groups in total. The van der Waals surface area contributed by atoms with Crippen LogP contribution in [0.25, 0.3) is 0 Å². The fraction of sp³-hybridized carbons (Fsp3) is 0.421. The van der Waals surface area contributed by atoms with Crippen LogP contribution in [0, 0.1) is 18.6 Å². The molecule has 1 saturated heterocycles. The number of amides is 1. The average Bonchev–Trinajstić information content (AvgIpc) is 3.08. The lowest BCUT2D eigenvalue weighted by Gasteiger charge is -2.33. The van der Waals surface area contributed by atoms with Gasteiger partial charge in [0.1, 0.15) is 17.3 Å². The maximum atomic E-state index is 13.6. The maximum Gasteiger partial charge on any atom is 0.258 e. The second-order valence-electron chi connectivity index (χ2n) is 6.28. The first kappa shape index (κ1) is 19.3. The third-order valence-electron chi connectivity index (χ3n) is 4.32. The van der Waals surface area contributed by atoms with Gasteiger partial charge in [-0.2, -0.15) is 0 Å². The summed E-state index contributed by atoms with van der Waals surface area (Å²) in [5, 5.41) is 2.79. The van der Waals surface area contributed by atoms with Crippen molar-refractivity contribution in [1.82, 2.24) is 10.2 Å². The Kier molecular flexibility index (Phi) is 6.41. The van der Waals surface area contributed by atoms with Gasteiger partial charge in [-0.25, -0.2) is 8.78 Å². The summed E-state index contributed by atoms with van der Waals surface area (Å²) < 4.78 is 42.7. The minimum atomic E-state index is -0.847. The number of nitrogens with zero attached hydrogens (tertiary/aromatic N) is 1. The first-order chi connectivity index (χ1) is 13.0. The van der Waals surface area contributed by atoms with E-state index in [2.05, 4.69) is 10.2 Å². The Bertz CT molecular complexity index is 775. The van der Waals surface area contributed by atoms with E-state index in [1.165, 1.54) is 0 Å². The van der Waals surface area contributed by atoms with Gasteiger partial charge in [-0.15, -0.1) is 0 Å². The highest BCUT2D eigenvalue weighted by Crippen LogP contribution is 2.23. The van der Waals surface area contributed by atoms with Crippen LogP contribution in [0.5, 0.6) is 5.75 Å². The van der Waals surface area contributed by atoms with Crippen LogP contribution in [0.1, 0.15) is 17.6 Å². The molecule has 0 spiro atoms. The molecule has 0 bridgehead atoms. The maximum absolute atomic E-state index is 13.6. The first-order valence-corrected chi connectivity index (χ1v) is 8.75. The van der Waals surface area contributed by atoms with Crippen molar-refractivity contribution in [2.75, 3.05) is 39.5 Å². The molecule has 2 heterocycles. The van der Waals surface area contributed by atoms with E-state index in [-0.39, 0.29) is 18.4 Å². The largest absolute Gasteiger partial charge is 0.481 e. The molecule has 6 nitrogen and oxygen atoms in total. The number of hydrogen-bond acceptors (Lipinski definition) is 5. The van der Waals surface area contributed by atoms with Gasteiger partial charge in [0.2, 0.25) is 0 Å². The normalized spacial score (nSPS) is 16.1. The molecule has 1 unspecified atom stereocenters. The Balaban J connectivity index is 1.56. The smallest absolute Gasteiger partial charge is 0.258 e. The van der Waals surface area contributed by atoms with Crippen LogP contribution in [0.2, 0.25) is 0 Å². The minimum Gasteiger partial charge on any atom is -0.481 e. The van der Waals surface area contributed by atoms with Gasteiger partial charge in [0.15, 0.2) is 18.2 Å². The molecular weight excluding hydrogens is 358 g/mol. The number of hydrogen-bond donors (Lipinski definition) is 1. The Hall–Kier alpha value is -2.45. The van der Waals surface area contributed by atoms with Crippen molar-refractivity contribution in [2.24, 2.45) is 0 Å². The zero-order valence-corrected chi connectivity index (χ0v) is 15.0. The van der Waals surface area contributed by atoms with E-state index in [1.807, 2.05) is 19.1 Å². The van der Waals surface area contributed by atoms with E-state index < -0.39 is 17.5 Å². The predicted octanol–water partition coefficient (Wildman–Crippen LogP) is 2.43. The third-order valence-corrected chi connectivity index (χ3v) is 4.32. The van der Waals surface area contributed by atoms with Crippen LogP contribution in [-0.4, -0.2) is 50.3 Å². The fourth-order valence-electron chi connectivity index (χ4n) is 2.93. The Morgan fingerprint density at radius 3 is 2.70 bits per heavy atom. The molecule has 1 atom stereocenters. The summed E-state index contributed by atoms with van der Waals surface area (Å²) in [7, 11) is 0. The van der Waals surface area contributed by atoms with Crippen LogP contribution in [0.15, 0.2) is 34.7 Å². The minimum absolute atomic E-state index is 0.130. The van der Waals surface area contributed by atoms with Gasteiger partial charge in [-0.05, 0) is 31.2 Å². The van der Waals surface area contributed by atoms with Crippen LogP contribution in [0.4, 0.5) is 8.78 Å². The monoisotopic (exact) mass is 380 g/mol. The Labute approximate surface area is 156 Å². The predicted molar refractivity (Wildman–Crippen MR) is 93.4 cm³/mol. The van der Waals surface area contributed by atoms with E-state index in [4.69, 9.17) is 13.9 Å². The summed E-state index contributed by atoms with van der Waals surface area (Å²) in [6.07, 6.45) is 0. The Morgan fingerprint density at radius 2 is 2.04 bits per heavy atom. The molecule has 1 aliphatic heterocycles. The molecule has 0 aliphatic carbocycles. The number of benzene rings is 1. The van der Waals surface area contributed by atoms with Crippen molar-refractivity contribution >= 4 is 5.91 Å². The number of ether oxygens (including phenoxy) is 2. The molecule has 27 heavy (non-hydrogen) atoms. The Morgan fingerprint density at radius 1 is 1.26 bits per heavy atom. The molecule has 1 fully saturated rings. The molecule has 1 amide bonds. The second kappa shape index (κ2) is 8.96. The summed E-state index contributed by atoms with van der Waals surface area (Å²) in [5.41, 5.74) is 0. The lowest BCUT2D eigenvalue weighted by atomic mass is 10.1. The number of rotatable bonds is 7. The summed E-state index contributed by atoms with van der Waals surface area (Å²) in [6, 6.07) is 6.58. The van der Waals surface area contributed by atoms with Gasteiger partial charge in [0, 0.05) is 25.7 Å². The topological polar surface area (TPSA) is 63.9 Å². The number of furan rings is 1. The van der Waals surface area contributed by atoms with E-state index in [1.54, 1.807) is 0 Å². The fourth-order valence-corrected chi connectivity index (χ4v) is 2.93. The summed E-state index contributed by atoms with van der Waals surface area (Å²) >= 11 is 0. The number of aryl methyl sites for hydroxylation is 1. The quantitative estimate of drug-likeness (QED) is 0.799. The van der Waals surface area contributed by atoms with Crippen LogP contribution in [0.3, 0.4) is 0 Å². The summed E-state index contributed by atoms with van der Waals surface area (Å²) in [4.78, 5) is 14.3. The van der Waals surface area contributed by atoms with Gasteiger partial charge in [-0.3, -0.25) is 9.69 Å². The van der Waals surface area contributed by atoms with Crippen molar-refractivity contribution in [3.05, 3.63) is 53.5 Å². The number of carbonyl (C=O) groups excluding carboxylic acids is 1. The molecule has 2 aromatic rings. The number of morpholine rings is 1. The SMILES string of the molecule is Cc1ccc(C(CNC(=O)COc2ccc(F)cc2F)N2CCOCC2)o1. The van der Waals surface area contributed by atoms with Crippen LogP contribution in [-0.2, 0) is 9.53 Å². The lowest BCUT2D eigenvalue weighted by Crippen LogP contribution is -2.44. The zero-order chi connectivity index (χ0) is 19.2. The van der Waals surface area contributed by atoms with Crippen molar-refractivity contribution < 1.29 is 27.5 Å². The molecule has 0 radical (unpaired) electrons. The van der Waals surface area contributed by atoms with Crippen molar-refractivity contribution in [2.45, 2.75) is 13.0 Å². The highest BCUT2D eigenvalue weighted by Gasteiger charge is 2.25. The van der Waals surface area contributed by atoms with E-state index in [0.29, 0.717) is 25.8 Å². The number of halogens is 2. The van der Waals surface area contributed by atoms with Gasteiger partial charge in [0.25, 0.3) is 5.91 Å². The standard InChI is InChI=1S/C19H22F2N2O4/c1-13-2-4-18(27-13)16(23-6-8-25-9-7-23)11-22-19(24)12-26-17-5-3-14(20)10-15(17)21/h2-5,10,16H,6-9,11-12H2,1H3,(H,22,24). The van der Waals surface area contributed by atoms with E-state index in [9.17, 15) is 13.6 Å². The third kappa shape index (κ3) is 5.27. The molecule has 0 saturated carbocycles. The molecule has 1 aromatic carbocycles. The van der Waals surface area contributed by atoms with Gasteiger partial charge in [-0.1, -0.05) is 0 Å². The first-order valence-electron chi connectivity index (χ1n) is 8.75. The second-order valence-corrected chi connectivity index (χ2v) is 6.28. The molecule has 1 aromatic heterocycles. The van der Waals surface area contributed by atoms with Gasteiger partial charge < -0.3 is 19.2 Å². The van der Waals surface area contributed by atoms with Crippen molar-refractivity contribution in [3.8, 4) is 5.75 Å². The van der Waals surface area contributed by atoms with Gasteiger partial charge in [0.05, 0.1) is 19.3 Å². The zero-order valence-electron chi connectivity index (χ0n) is 15.0. The van der Waals surface area contributed by atoms with Crippen molar-refractivity contribution in [3.63, 3.8) is 0 Å². The molecule has 1 aliphatic rings. The average molecular weight is 380 g/mol. The van der Waals surface area contributed by atoms with E-state index in [0.717, 1.165) is 36.7 Å². The van der Waals surface area contributed by atoms with E-state index >= 15 is 0 Å². The van der Waals surface area contributed by atoms with Crippen LogP contribution >= 0.6 is 0 Å². The molecule has 3 rings (SSSR count). The van der Waals surface area contributed by atoms with Crippen LogP contribution < -0.4 is 10.1 Å². The number of carbonyl (C=O) groups is 1. The number of nitrogens with one attached hydrogen (secondary N) is 1. The van der Waals surface area contributed by atoms with Gasteiger partial charge >= 0.3 is 0 Å². The summed E-state index contributed by atoms with van der Waals surface area (Å²) in [5.74, 6) is -0.561. The highest BCUT2D eigenvalue weighted by molar-refractivity contribution is 5.77. The molecular formula is C19H22F2N2O4.